The van der Waals surface area contributed by atoms with Crippen LogP contribution in [0.4, 0.5) is 0 Å². The van der Waals surface area contributed by atoms with Gasteiger partial charge in [0, 0.05) is 22.5 Å². The molecule has 15 heavy (non-hydrogen) atoms. The first-order valence-corrected chi connectivity index (χ1v) is 5.38. The van der Waals surface area contributed by atoms with Gasteiger partial charge in [0.25, 0.3) is 5.91 Å². The van der Waals surface area contributed by atoms with Crippen LogP contribution < -0.4 is 10.8 Å². The summed E-state index contributed by atoms with van der Waals surface area (Å²) in [6.45, 7) is 0.696. The molecule has 1 amide bonds. The average molecular weight is 217 g/mol. The van der Waals surface area contributed by atoms with E-state index in [0.717, 1.165) is 18.4 Å². The van der Waals surface area contributed by atoms with Crippen LogP contribution in [0, 0.1) is 0 Å². The molecule has 0 unspecified atom stereocenters. The molecule has 1 heterocycles. The predicted octanol–water partition coefficient (Wildman–Crippen LogP) is 0.909. The second kappa shape index (κ2) is 2.79. The number of nitrogens with one attached hydrogen (secondary N) is 1. The van der Waals surface area contributed by atoms with Crippen molar-refractivity contribution in [1.29, 1.82) is 0 Å². The highest BCUT2D eigenvalue weighted by Crippen LogP contribution is 2.52. The molecule has 1 fully saturated rings. The molecule has 1 saturated carbocycles. The van der Waals surface area contributed by atoms with E-state index in [0.29, 0.717) is 22.6 Å². The highest BCUT2D eigenvalue weighted by Gasteiger charge is 2.50. The topological polar surface area (TPSA) is 29.1 Å². The quantitative estimate of drug-likeness (QED) is 0.643. The molecule has 2 radical (unpaired) electrons. The van der Waals surface area contributed by atoms with Gasteiger partial charge in [-0.1, -0.05) is 23.1 Å². The van der Waals surface area contributed by atoms with Gasteiger partial charge < -0.3 is 5.32 Å². The highest BCUT2D eigenvalue weighted by atomic mass is 35.5. The molecule has 1 N–H and O–H groups in total. The Morgan fingerprint density at radius 2 is 2.13 bits per heavy atom. The fraction of sp³-hybridized carbons (Fsp3) is 0.364. The van der Waals surface area contributed by atoms with E-state index < -0.39 is 0 Å². The predicted molar refractivity (Wildman–Crippen MR) is 60.1 cm³/mol. The number of amides is 1. The van der Waals surface area contributed by atoms with Crippen LogP contribution in [0.15, 0.2) is 12.1 Å². The van der Waals surface area contributed by atoms with E-state index in [4.69, 9.17) is 19.4 Å². The minimum atomic E-state index is -0.0376. The summed E-state index contributed by atoms with van der Waals surface area (Å²) in [7, 11) is 5.77. The molecule has 0 atom stereocenters. The number of carbonyl (C=O) groups is 1. The molecule has 1 aromatic carbocycles. The van der Waals surface area contributed by atoms with E-state index >= 15 is 0 Å². The van der Waals surface area contributed by atoms with Gasteiger partial charge in [-0.2, -0.15) is 0 Å². The lowest BCUT2D eigenvalue weighted by Crippen LogP contribution is -2.40. The van der Waals surface area contributed by atoms with E-state index in [-0.39, 0.29) is 11.3 Å². The molecule has 1 aliphatic heterocycles. The van der Waals surface area contributed by atoms with Crippen LogP contribution in [-0.2, 0) is 5.41 Å². The minimum absolute atomic E-state index is 0.0376. The zero-order valence-electron chi connectivity index (χ0n) is 8.14. The maximum atomic E-state index is 11.7. The molecule has 4 heteroatoms. The lowest BCUT2D eigenvalue weighted by molar-refractivity contribution is 0.0937. The molecular weight excluding hydrogens is 208 g/mol. The van der Waals surface area contributed by atoms with Crippen molar-refractivity contribution in [3.8, 4) is 0 Å². The van der Waals surface area contributed by atoms with Crippen LogP contribution in [0.1, 0.15) is 28.8 Å². The maximum absolute atomic E-state index is 11.7. The van der Waals surface area contributed by atoms with Crippen LogP contribution in [-0.4, -0.2) is 20.3 Å². The van der Waals surface area contributed by atoms with Crippen molar-refractivity contribution in [2.45, 2.75) is 18.3 Å². The van der Waals surface area contributed by atoms with Crippen molar-refractivity contribution in [3.63, 3.8) is 0 Å². The van der Waals surface area contributed by atoms with Crippen molar-refractivity contribution in [3.05, 3.63) is 28.3 Å². The Morgan fingerprint density at radius 1 is 1.40 bits per heavy atom. The van der Waals surface area contributed by atoms with Crippen molar-refractivity contribution < 1.29 is 4.79 Å². The summed E-state index contributed by atoms with van der Waals surface area (Å²) in [5.41, 5.74) is 2.30. The lowest BCUT2D eigenvalue weighted by Gasteiger charge is -2.27. The number of hydrogen-bond acceptors (Lipinski definition) is 1. The van der Waals surface area contributed by atoms with Crippen molar-refractivity contribution in [1.82, 2.24) is 5.32 Å². The summed E-state index contributed by atoms with van der Waals surface area (Å²) in [4.78, 5) is 11.7. The van der Waals surface area contributed by atoms with Crippen LogP contribution in [0.3, 0.4) is 0 Å². The molecule has 1 aromatic rings. The third kappa shape index (κ3) is 1.16. The largest absolute Gasteiger partial charge is 0.351 e. The van der Waals surface area contributed by atoms with E-state index in [2.05, 4.69) is 5.32 Å². The van der Waals surface area contributed by atoms with Gasteiger partial charge in [0.05, 0.1) is 0 Å². The molecular formula is C11H9BClNO. The van der Waals surface area contributed by atoms with E-state index in [1.54, 1.807) is 12.1 Å². The molecule has 0 bridgehead atoms. The van der Waals surface area contributed by atoms with E-state index in [1.807, 2.05) is 0 Å². The fourth-order valence-corrected chi connectivity index (χ4v) is 2.68. The van der Waals surface area contributed by atoms with Crippen molar-refractivity contribution >= 4 is 30.8 Å². The molecule has 2 nitrogen and oxygen atoms in total. The second-order valence-electron chi connectivity index (χ2n) is 4.35. The number of rotatable bonds is 0. The van der Waals surface area contributed by atoms with Crippen molar-refractivity contribution in [2.24, 2.45) is 0 Å². The first-order chi connectivity index (χ1) is 7.14. The molecule has 1 aliphatic carbocycles. The Hall–Kier alpha value is -0.955. The standard InChI is InChI=1S/C11H9BClNO/c12-7-2-1-6-8(9(7)13)11(3-4-11)5-14-10(6)15/h1-2H,3-5H2,(H,14,15). The summed E-state index contributed by atoms with van der Waals surface area (Å²) >= 11 is 6.20. The van der Waals surface area contributed by atoms with E-state index in [1.165, 1.54) is 0 Å². The van der Waals surface area contributed by atoms with Crippen LogP contribution in [0.5, 0.6) is 0 Å². The average Bonchev–Trinajstić information content (AvgIpc) is 2.98. The van der Waals surface area contributed by atoms with Crippen molar-refractivity contribution in [2.75, 3.05) is 6.54 Å². The van der Waals surface area contributed by atoms with Gasteiger partial charge >= 0.3 is 0 Å². The zero-order valence-corrected chi connectivity index (χ0v) is 8.90. The smallest absolute Gasteiger partial charge is 0.251 e. The van der Waals surface area contributed by atoms with Gasteiger partial charge in [-0.3, -0.25) is 4.79 Å². The van der Waals surface area contributed by atoms with Gasteiger partial charge in [-0.15, -0.1) is 0 Å². The molecule has 0 aromatic heterocycles. The summed E-state index contributed by atoms with van der Waals surface area (Å²) < 4.78 is 0. The monoisotopic (exact) mass is 217 g/mol. The summed E-state index contributed by atoms with van der Waals surface area (Å²) in [6, 6.07) is 3.47. The number of benzene rings is 1. The van der Waals surface area contributed by atoms with Gasteiger partial charge in [0.1, 0.15) is 7.85 Å². The third-order valence-electron chi connectivity index (χ3n) is 3.39. The Labute approximate surface area is 94.4 Å². The maximum Gasteiger partial charge on any atom is 0.251 e. The van der Waals surface area contributed by atoms with Gasteiger partial charge in [-0.25, -0.2) is 0 Å². The molecule has 2 aliphatic rings. The van der Waals surface area contributed by atoms with E-state index in [9.17, 15) is 4.79 Å². The summed E-state index contributed by atoms with van der Waals surface area (Å²) in [6.07, 6.45) is 2.17. The van der Waals surface area contributed by atoms with Crippen LogP contribution in [0.25, 0.3) is 0 Å². The normalized spacial score (nSPS) is 21.0. The van der Waals surface area contributed by atoms with Crippen LogP contribution in [0.2, 0.25) is 5.02 Å². The molecule has 1 spiro atoms. The van der Waals surface area contributed by atoms with Gasteiger partial charge in [0.2, 0.25) is 0 Å². The zero-order chi connectivity index (χ0) is 10.6. The number of carbonyl (C=O) groups excluding carboxylic acids is 1. The lowest BCUT2D eigenvalue weighted by atomic mass is 9.82. The first-order valence-electron chi connectivity index (χ1n) is 5.01. The Balaban J connectivity index is 2.29. The second-order valence-corrected chi connectivity index (χ2v) is 4.73. The fourth-order valence-electron chi connectivity index (χ4n) is 2.31. The third-order valence-corrected chi connectivity index (χ3v) is 3.79. The van der Waals surface area contributed by atoms with Gasteiger partial charge in [-0.05, 0) is 24.5 Å². The SMILES string of the molecule is [B]c1ccc2c(c1Cl)C1(CC1)CNC2=O. The molecule has 3 rings (SSSR count). The summed E-state index contributed by atoms with van der Waals surface area (Å²) in [5, 5.41) is 3.47. The van der Waals surface area contributed by atoms with Crippen LogP contribution >= 0.6 is 11.6 Å². The Kier molecular flexibility index (Phi) is 1.73. The minimum Gasteiger partial charge on any atom is -0.351 e. The highest BCUT2D eigenvalue weighted by molar-refractivity contribution is 6.46. The number of halogens is 1. The molecule has 74 valence electrons. The number of fused-ring (bicyclic) bond motifs is 2. The Bertz CT molecular complexity index is 468. The number of hydrogen-bond donors (Lipinski definition) is 1. The molecule has 0 saturated heterocycles. The van der Waals surface area contributed by atoms with Gasteiger partial charge in [0.15, 0.2) is 0 Å². The first kappa shape index (κ1) is 9.28. The summed E-state index contributed by atoms with van der Waals surface area (Å²) in [5.74, 6) is -0.0376. The Morgan fingerprint density at radius 3 is 2.80 bits per heavy atom.